The molecule has 0 radical (unpaired) electrons. The molecule has 2 heteroatoms. The zero-order chi connectivity index (χ0) is 14.0. The van der Waals surface area contributed by atoms with Gasteiger partial charge in [0, 0.05) is 6.04 Å². The average Bonchev–Trinajstić information content (AvgIpc) is 2.36. The first-order valence-corrected chi connectivity index (χ1v) is 6.55. The molecule has 1 atom stereocenters. The summed E-state index contributed by atoms with van der Waals surface area (Å²) in [4.78, 5) is 0. The monoisotopic (exact) mass is 257 g/mol. The summed E-state index contributed by atoms with van der Waals surface area (Å²) >= 11 is 0. The Kier molecular flexibility index (Phi) is 4.01. The molecule has 0 saturated heterocycles. The Morgan fingerprint density at radius 1 is 0.947 bits per heavy atom. The highest BCUT2D eigenvalue weighted by molar-refractivity contribution is 5.34. The standard InChI is InChI=1S/C17H20FN/c1-11-4-6-14(8-13(11)3)9-17(19)16-10-15(18)7-5-12(16)2/h4-8,10,17H,9,19H2,1-3H3. The second kappa shape index (κ2) is 5.54. The van der Waals surface area contributed by atoms with Crippen molar-refractivity contribution in [3.8, 4) is 0 Å². The van der Waals surface area contributed by atoms with E-state index < -0.39 is 0 Å². The highest BCUT2D eigenvalue weighted by Crippen LogP contribution is 2.21. The van der Waals surface area contributed by atoms with E-state index in [1.54, 1.807) is 12.1 Å². The van der Waals surface area contributed by atoms with Crippen LogP contribution in [0.25, 0.3) is 0 Å². The minimum atomic E-state index is -0.226. The highest BCUT2D eigenvalue weighted by atomic mass is 19.1. The minimum Gasteiger partial charge on any atom is -0.324 e. The van der Waals surface area contributed by atoms with Crippen LogP contribution in [0.5, 0.6) is 0 Å². The van der Waals surface area contributed by atoms with Crippen molar-refractivity contribution in [3.63, 3.8) is 0 Å². The van der Waals surface area contributed by atoms with Crippen molar-refractivity contribution in [1.29, 1.82) is 0 Å². The lowest BCUT2D eigenvalue weighted by Gasteiger charge is -2.15. The van der Waals surface area contributed by atoms with Gasteiger partial charge in [0.1, 0.15) is 5.82 Å². The molecule has 0 aliphatic carbocycles. The molecule has 0 bridgehead atoms. The molecule has 2 N–H and O–H groups in total. The second-order valence-electron chi connectivity index (χ2n) is 5.23. The van der Waals surface area contributed by atoms with Crippen LogP contribution in [-0.2, 0) is 6.42 Å². The quantitative estimate of drug-likeness (QED) is 0.884. The summed E-state index contributed by atoms with van der Waals surface area (Å²) < 4.78 is 13.3. The Hall–Kier alpha value is -1.67. The number of hydrogen-bond donors (Lipinski definition) is 1. The lowest BCUT2D eigenvalue weighted by Crippen LogP contribution is -2.15. The van der Waals surface area contributed by atoms with Crippen LogP contribution in [0, 0.1) is 26.6 Å². The van der Waals surface area contributed by atoms with E-state index in [9.17, 15) is 4.39 Å². The molecule has 0 fully saturated rings. The molecule has 0 spiro atoms. The normalized spacial score (nSPS) is 12.5. The maximum Gasteiger partial charge on any atom is 0.123 e. The van der Waals surface area contributed by atoms with Crippen LogP contribution in [0.2, 0.25) is 0 Å². The van der Waals surface area contributed by atoms with Crippen molar-refractivity contribution >= 4 is 0 Å². The molecule has 2 aromatic carbocycles. The van der Waals surface area contributed by atoms with E-state index in [1.807, 2.05) is 6.92 Å². The lowest BCUT2D eigenvalue weighted by atomic mass is 9.94. The number of rotatable bonds is 3. The summed E-state index contributed by atoms with van der Waals surface area (Å²) in [6.07, 6.45) is 0.728. The van der Waals surface area contributed by atoms with Gasteiger partial charge in [0.15, 0.2) is 0 Å². The maximum atomic E-state index is 13.3. The van der Waals surface area contributed by atoms with Gasteiger partial charge in [0.25, 0.3) is 0 Å². The Morgan fingerprint density at radius 2 is 1.63 bits per heavy atom. The minimum absolute atomic E-state index is 0.169. The van der Waals surface area contributed by atoms with E-state index in [1.165, 1.54) is 22.8 Å². The molecule has 0 amide bonds. The van der Waals surface area contributed by atoms with Gasteiger partial charge in [-0.1, -0.05) is 24.3 Å². The topological polar surface area (TPSA) is 26.0 Å². The average molecular weight is 257 g/mol. The lowest BCUT2D eigenvalue weighted by molar-refractivity contribution is 0.617. The van der Waals surface area contributed by atoms with Gasteiger partial charge in [-0.15, -0.1) is 0 Å². The van der Waals surface area contributed by atoms with Gasteiger partial charge in [-0.05, 0) is 67.1 Å². The van der Waals surface area contributed by atoms with Crippen LogP contribution < -0.4 is 5.73 Å². The fraction of sp³-hybridized carbons (Fsp3) is 0.294. The zero-order valence-electron chi connectivity index (χ0n) is 11.7. The molecule has 2 aromatic rings. The number of nitrogens with two attached hydrogens (primary N) is 1. The summed E-state index contributed by atoms with van der Waals surface area (Å²) in [6, 6.07) is 11.0. The summed E-state index contributed by atoms with van der Waals surface area (Å²) in [5, 5.41) is 0. The molecule has 2 rings (SSSR count). The van der Waals surface area contributed by atoms with Crippen LogP contribution in [0.15, 0.2) is 36.4 Å². The predicted octanol–water partition coefficient (Wildman–Crippen LogP) is 3.99. The molecule has 0 aromatic heterocycles. The van der Waals surface area contributed by atoms with Gasteiger partial charge in [-0.3, -0.25) is 0 Å². The predicted molar refractivity (Wildman–Crippen MR) is 77.7 cm³/mol. The van der Waals surface area contributed by atoms with Crippen molar-refractivity contribution in [2.45, 2.75) is 33.2 Å². The Balaban J connectivity index is 2.22. The molecule has 19 heavy (non-hydrogen) atoms. The van der Waals surface area contributed by atoms with Gasteiger partial charge < -0.3 is 5.73 Å². The van der Waals surface area contributed by atoms with Crippen LogP contribution in [0.1, 0.15) is 33.9 Å². The molecule has 0 saturated carbocycles. The number of halogens is 1. The van der Waals surface area contributed by atoms with Crippen molar-refractivity contribution < 1.29 is 4.39 Å². The third kappa shape index (κ3) is 3.21. The van der Waals surface area contributed by atoms with Crippen LogP contribution in [0.4, 0.5) is 4.39 Å². The Morgan fingerprint density at radius 3 is 2.32 bits per heavy atom. The maximum absolute atomic E-state index is 13.3. The third-order valence-corrected chi connectivity index (χ3v) is 3.67. The van der Waals surface area contributed by atoms with Crippen LogP contribution >= 0.6 is 0 Å². The van der Waals surface area contributed by atoms with Crippen molar-refractivity contribution in [2.75, 3.05) is 0 Å². The van der Waals surface area contributed by atoms with Crippen molar-refractivity contribution in [3.05, 3.63) is 70.0 Å². The molecular weight excluding hydrogens is 237 g/mol. The number of aryl methyl sites for hydroxylation is 3. The third-order valence-electron chi connectivity index (χ3n) is 3.67. The van der Waals surface area contributed by atoms with Crippen molar-refractivity contribution in [2.24, 2.45) is 5.73 Å². The van der Waals surface area contributed by atoms with E-state index in [0.717, 1.165) is 17.5 Å². The van der Waals surface area contributed by atoms with Gasteiger partial charge >= 0.3 is 0 Å². The van der Waals surface area contributed by atoms with E-state index in [4.69, 9.17) is 5.73 Å². The van der Waals surface area contributed by atoms with Crippen LogP contribution in [-0.4, -0.2) is 0 Å². The molecule has 1 unspecified atom stereocenters. The molecule has 0 heterocycles. The van der Waals surface area contributed by atoms with Crippen molar-refractivity contribution in [1.82, 2.24) is 0 Å². The first kappa shape index (κ1) is 13.8. The Labute approximate surface area is 114 Å². The number of benzene rings is 2. The summed E-state index contributed by atoms with van der Waals surface area (Å²) in [5.74, 6) is -0.226. The molecule has 0 aliphatic rings. The van der Waals surface area contributed by atoms with E-state index >= 15 is 0 Å². The van der Waals surface area contributed by atoms with Gasteiger partial charge in [0.05, 0.1) is 0 Å². The molecular formula is C17H20FN. The first-order valence-electron chi connectivity index (χ1n) is 6.55. The largest absolute Gasteiger partial charge is 0.324 e. The Bertz CT molecular complexity index is 590. The fourth-order valence-corrected chi connectivity index (χ4v) is 2.31. The van der Waals surface area contributed by atoms with Gasteiger partial charge in [-0.25, -0.2) is 4.39 Å². The molecule has 1 nitrogen and oxygen atoms in total. The molecule has 100 valence electrons. The fourth-order valence-electron chi connectivity index (χ4n) is 2.31. The van der Waals surface area contributed by atoms with Crippen LogP contribution in [0.3, 0.4) is 0 Å². The first-order chi connectivity index (χ1) is 8.97. The highest BCUT2D eigenvalue weighted by Gasteiger charge is 2.11. The van der Waals surface area contributed by atoms with E-state index in [-0.39, 0.29) is 11.9 Å². The van der Waals surface area contributed by atoms with E-state index in [2.05, 4.69) is 32.0 Å². The van der Waals surface area contributed by atoms with E-state index in [0.29, 0.717) is 0 Å². The van der Waals surface area contributed by atoms with Gasteiger partial charge in [0.2, 0.25) is 0 Å². The SMILES string of the molecule is Cc1ccc(CC(N)c2cc(F)ccc2C)cc1C. The zero-order valence-corrected chi connectivity index (χ0v) is 11.7. The summed E-state index contributed by atoms with van der Waals surface area (Å²) in [5.41, 5.74) is 11.9. The number of hydrogen-bond acceptors (Lipinski definition) is 1. The second-order valence-corrected chi connectivity index (χ2v) is 5.23. The smallest absolute Gasteiger partial charge is 0.123 e. The van der Waals surface area contributed by atoms with Gasteiger partial charge in [-0.2, -0.15) is 0 Å². The molecule has 0 aliphatic heterocycles. The summed E-state index contributed by atoms with van der Waals surface area (Å²) in [7, 11) is 0. The summed E-state index contributed by atoms with van der Waals surface area (Å²) in [6.45, 7) is 6.16.